The molecule has 0 N–H and O–H groups in total. The van der Waals surface area contributed by atoms with Crippen molar-refractivity contribution in [1.29, 1.82) is 0 Å². The highest BCUT2D eigenvalue weighted by molar-refractivity contribution is 7.99. The van der Waals surface area contributed by atoms with Gasteiger partial charge in [-0.3, -0.25) is 9.78 Å². The van der Waals surface area contributed by atoms with Crippen molar-refractivity contribution < 1.29 is 4.79 Å². The number of rotatable bonds is 2. The summed E-state index contributed by atoms with van der Waals surface area (Å²) in [5, 5.41) is 0. The van der Waals surface area contributed by atoms with Gasteiger partial charge in [0.2, 0.25) is 0 Å². The lowest BCUT2D eigenvalue weighted by atomic mass is 9.96. The molecule has 0 amide bonds. The van der Waals surface area contributed by atoms with Crippen LogP contribution in [0.1, 0.15) is 23.3 Å². The van der Waals surface area contributed by atoms with Gasteiger partial charge in [-0.1, -0.05) is 0 Å². The van der Waals surface area contributed by atoms with Crippen molar-refractivity contribution in [2.75, 3.05) is 11.5 Å². The number of ketones is 1. The Kier molecular flexibility index (Phi) is 3.14. The standard InChI is InChI=1S/C10H12N2OS/c13-10(8-1-5-14-6-2-8)9-7-11-3-4-12-9/h3-4,7-8H,1-2,5-6H2. The lowest BCUT2D eigenvalue weighted by Crippen LogP contribution is -2.20. The Labute approximate surface area is 87.3 Å². The summed E-state index contributed by atoms with van der Waals surface area (Å²) < 4.78 is 0. The molecule has 0 radical (unpaired) electrons. The minimum atomic E-state index is 0.165. The molecule has 1 aromatic heterocycles. The lowest BCUT2D eigenvalue weighted by Gasteiger charge is -2.19. The molecular weight excluding hydrogens is 196 g/mol. The third kappa shape index (κ3) is 2.12. The molecule has 1 aliphatic heterocycles. The maximum atomic E-state index is 11.9. The monoisotopic (exact) mass is 208 g/mol. The molecule has 14 heavy (non-hydrogen) atoms. The van der Waals surface area contributed by atoms with Crippen LogP contribution in [0.5, 0.6) is 0 Å². The second-order valence-electron chi connectivity index (χ2n) is 3.34. The van der Waals surface area contributed by atoms with Gasteiger partial charge in [-0.15, -0.1) is 0 Å². The molecule has 0 aliphatic carbocycles. The van der Waals surface area contributed by atoms with Gasteiger partial charge in [0.15, 0.2) is 5.78 Å². The van der Waals surface area contributed by atoms with E-state index in [4.69, 9.17) is 0 Å². The average Bonchev–Trinajstić information content (AvgIpc) is 2.30. The first-order valence-corrected chi connectivity index (χ1v) is 5.91. The number of carbonyl (C=O) groups excluding carboxylic acids is 1. The van der Waals surface area contributed by atoms with E-state index < -0.39 is 0 Å². The van der Waals surface area contributed by atoms with Gasteiger partial charge >= 0.3 is 0 Å². The smallest absolute Gasteiger partial charge is 0.185 e. The molecule has 0 aromatic carbocycles. The van der Waals surface area contributed by atoms with Crippen LogP contribution >= 0.6 is 11.8 Å². The summed E-state index contributed by atoms with van der Waals surface area (Å²) in [7, 11) is 0. The third-order valence-electron chi connectivity index (χ3n) is 2.41. The van der Waals surface area contributed by atoms with E-state index in [1.165, 1.54) is 0 Å². The average molecular weight is 208 g/mol. The van der Waals surface area contributed by atoms with E-state index in [0.29, 0.717) is 5.69 Å². The van der Waals surface area contributed by atoms with Crippen molar-refractivity contribution in [2.24, 2.45) is 5.92 Å². The van der Waals surface area contributed by atoms with Gasteiger partial charge < -0.3 is 0 Å². The van der Waals surface area contributed by atoms with Gasteiger partial charge in [0, 0.05) is 18.3 Å². The highest BCUT2D eigenvalue weighted by atomic mass is 32.2. The van der Waals surface area contributed by atoms with Crippen LogP contribution in [0.3, 0.4) is 0 Å². The predicted molar refractivity (Wildman–Crippen MR) is 56.4 cm³/mol. The molecular formula is C10H12N2OS. The number of hydrogen-bond donors (Lipinski definition) is 0. The van der Waals surface area contributed by atoms with Gasteiger partial charge in [-0.05, 0) is 24.3 Å². The fraction of sp³-hybridized carbons (Fsp3) is 0.500. The largest absolute Gasteiger partial charge is 0.292 e. The topological polar surface area (TPSA) is 42.9 Å². The molecule has 1 aliphatic rings. The fourth-order valence-corrected chi connectivity index (χ4v) is 2.70. The third-order valence-corrected chi connectivity index (χ3v) is 3.46. The zero-order chi connectivity index (χ0) is 9.80. The van der Waals surface area contributed by atoms with Gasteiger partial charge in [0.05, 0.1) is 6.20 Å². The maximum absolute atomic E-state index is 11.9. The second-order valence-corrected chi connectivity index (χ2v) is 4.57. The van der Waals surface area contributed by atoms with Crippen LogP contribution in [0, 0.1) is 5.92 Å². The molecule has 2 rings (SSSR count). The van der Waals surface area contributed by atoms with Crippen LogP contribution in [0.25, 0.3) is 0 Å². The number of aromatic nitrogens is 2. The quantitative estimate of drug-likeness (QED) is 0.695. The Balaban J connectivity index is 2.07. The van der Waals surface area contributed by atoms with E-state index in [2.05, 4.69) is 9.97 Å². The summed E-state index contributed by atoms with van der Waals surface area (Å²) >= 11 is 1.92. The van der Waals surface area contributed by atoms with E-state index in [-0.39, 0.29) is 11.7 Å². The molecule has 0 saturated carbocycles. The molecule has 0 unspecified atom stereocenters. The van der Waals surface area contributed by atoms with Crippen molar-refractivity contribution >= 4 is 17.5 Å². The Hall–Kier alpha value is -0.900. The summed E-state index contributed by atoms with van der Waals surface area (Å²) in [6.07, 6.45) is 6.70. The second kappa shape index (κ2) is 4.55. The van der Waals surface area contributed by atoms with Crippen molar-refractivity contribution in [1.82, 2.24) is 9.97 Å². The first-order chi connectivity index (χ1) is 6.88. The molecule has 0 atom stereocenters. The van der Waals surface area contributed by atoms with Gasteiger partial charge in [0.1, 0.15) is 5.69 Å². The van der Waals surface area contributed by atoms with Crippen molar-refractivity contribution in [2.45, 2.75) is 12.8 Å². The molecule has 0 bridgehead atoms. The number of hydrogen-bond acceptors (Lipinski definition) is 4. The minimum absolute atomic E-state index is 0.165. The number of thioether (sulfide) groups is 1. The molecule has 2 heterocycles. The molecule has 4 heteroatoms. The highest BCUT2D eigenvalue weighted by Gasteiger charge is 2.23. The Bertz CT molecular complexity index is 309. The van der Waals surface area contributed by atoms with Crippen LogP contribution in [0.2, 0.25) is 0 Å². The summed E-state index contributed by atoms with van der Waals surface area (Å²) in [5.41, 5.74) is 0.518. The van der Waals surface area contributed by atoms with Gasteiger partial charge in [0.25, 0.3) is 0 Å². The van der Waals surface area contributed by atoms with Gasteiger partial charge in [-0.2, -0.15) is 11.8 Å². The van der Waals surface area contributed by atoms with Crippen LogP contribution in [0.4, 0.5) is 0 Å². The number of Topliss-reactive ketones (excluding diaryl/α,β-unsaturated/α-hetero) is 1. The van der Waals surface area contributed by atoms with E-state index in [1.807, 2.05) is 11.8 Å². The summed E-state index contributed by atoms with van der Waals surface area (Å²) in [5.74, 6) is 2.53. The first-order valence-electron chi connectivity index (χ1n) is 4.76. The van der Waals surface area contributed by atoms with E-state index in [1.54, 1.807) is 18.6 Å². The molecule has 74 valence electrons. The van der Waals surface area contributed by atoms with Crippen LogP contribution in [-0.4, -0.2) is 27.3 Å². The molecule has 1 saturated heterocycles. The Morgan fingerprint density at radius 2 is 2.14 bits per heavy atom. The zero-order valence-corrected chi connectivity index (χ0v) is 8.67. The summed E-state index contributed by atoms with van der Waals surface area (Å²) in [6.45, 7) is 0. The van der Waals surface area contributed by atoms with Crippen LogP contribution in [-0.2, 0) is 0 Å². The maximum Gasteiger partial charge on any atom is 0.185 e. The zero-order valence-electron chi connectivity index (χ0n) is 7.85. The lowest BCUT2D eigenvalue weighted by molar-refractivity contribution is 0.0907. The van der Waals surface area contributed by atoms with Crippen LogP contribution in [0.15, 0.2) is 18.6 Å². The van der Waals surface area contributed by atoms with Crippen LogP contribution < -0.4 is 0 Å². The minimum Gasteiger partial charge on any atom is -0.292 e. The number of carbonyl (C=O) groups is 1. The molecule has 1 fully saturated rings. The van der Waals surface area contributed by atoms with Crippen molar-refractivity contribution in [3.63, 3.8) is 0 Å². The van der Waals surface area contributed by atoms with E-state index in [0.717, 1.165) is 24.3 Å². The Morgan fingerprint density at radius 3 is 2.79 bits per heavy atom. The molecule has 3 nitrogen and oxygen atoms in total. The first kappa shape index (κ1) is 9.65. The van der Waals surface area contributed by atoms with E-state index in [9.17, 15) is 4.79 Å². The SMILES string of the molecule is O=C(c1cnccn1)C1CCSCC1. The predicted octanol–water partition coefficient (Wildman–Crippen LogP) is 1.80. The Morgan fingerprint density at radius 1 is 1.36 bits per heavy atom. The normalized spacial score (nSPS) is 18.0. The summed E-state index contributed by atoms with van der Waals surface area (Å²) in [4.78, 5) is 19.8. The number of nitrogens with zero attached hydrogens (tertiary/aromatic N) is 2. The van der Waals surface area contributed by atoms with E-state index >= 15 is 0 Å². The molecule has 1 aromatic rings. The fourth-order valence-electron chi connectivity index (χ4n) is 1.60. The highest BCUT2D eigenvalue weighted by Crippen LogP contribution is 2.25. The molecule has 0 spiro atoms. The van der Waals surface area contributed by atoms with Crippen molar-refractivity contribution in [3.8, 4) is 0 Å². The van der Waals surface area contributed by atoms with Gasteiger partial charge in [-0.25, -0.2) is 4.98 Å². The van der Waals surface area contributed by atoms with Crippen molar-refractivity contribution in [3.05, 3.63) is 24.3 Å². The summed E-state index contributed by atoms with van der Waals surface area (Å²) in [6, 6.07) is 0.